The summed E-state index contributed by atoms with van der Waals surface area (Å²) < 4.78 is 56.9. The molecule has 0 heterocycles. The van der Waals surface area contributed by atoms with Crippen LogP contribution in [0.4, 0.5) is 13.2 Å². The fourth-order valence-corrected chi connectivity index (χ4v) is 0.450. The number of esters is 1. The van der Waals surface area contributed by atoms with E-state index < -0.39 is 30.7 Å². The molecular formula is C9H16F3NO4. The lowest BCUT2D eigenvalue weighted by Gasteiger charge is -2.19. The molecule has 0 saturated carbocycles. The number of ether oxygens (including phenoxy) is 1. The highest BCUT2D eigenvalue weighted by Gasteiger charge is 2.38. The summed E-state index contributed by atoms with van der Waals surface area (Å²) >= 11 is 0. The van der Waals surface area contributed by atoms with Crippen molar-refractivity contribution in [2.75, 3.05) is 13.5 Å². The molecule has 0 saturated heterocycles. The summed E-state index contributed by atoms with van der Waals surface area (Å²) in [4.78, 5) is 19.9. The quantitative estimate of drug-likeness (QED) is 0.731. The number of rotatable bonds is 2. The van der Waals surface area contributed by atoms with Crippen molar-refractivity contribution in [3.63, 3.8) is 0 Å². The second-order valence-electron chi connectivity index (χ2n) is 3.74. The molecule has 0 fully saturated rings. The first-order valence-corrected chi connectivity index (χ1v) is 4.31. The van der Waals surface area contributed by atoms with E-state index in [4.69, 9.17) is 18.8 Å². The molecule has 0 rings (SSSR count). The number of carbonyl (C=O) groups is 2. The van der Waals surface area contributed by atoms with Gasteiger partial charge in [-0.15, -0.1) is 0 Å². The van der Waals surface area contributed by atoms with Gasteiger partial charge in [-0.25, -0.2) is 4.79 Å². The standard InChI is InChI=1S/C7H15NO2.C2HF3O2/c1-7(2,3)10-6(9)5-8-4;3-2(4,5)1(6)7/h8H,5H2,1-4H3;(H,6,7)/i4D3;. The minimum atomic E-state index is -5.08. The predicted molar refractivity (Wildman–Crippen MR) is 53.5 cm³/mol. The monoisotopic (exact) mass is 262 g/mol. The molecule has 17 heavy (non-hydrogen) atoms. The number of carboxylic acids is 1. The molecule has 2 N–H and O–H groups in total. The van der Waals surface area contributed by atoms with Crippen LogP contribution in [0.2, 0.25) is 0 Å². The van der Waals surface area contributed by atoms with Crippen molar-refractivity contribution < 1.29 is 36.7 Å². The van der Waals surface area contributed by atoms with E-state index in [1.54, 1.807) is 20.8 Å². The van der Waals surface area contributed by atoms with Crippen LogP contribution in [0.5, 0.6) is 0 Å². The van der Waals surface area contributed by atoms with Gasteiger partial charge in [0.25, 0.3) is 0 Å². The van der Waals surface area contributed by atoms with E-state index in [-0.39, 0.29) is 6.54 Å². The number of nitrogens with one attached hydrogen (secondary N) is 1. The van der Waals surface area contributed by atoms with Crippen LogP contribution in [0.1, 0.15) is 24.9 Å². The van der Waals surface area contributed by atoms with Crippen LogP contribution in [-0.2, 0) is 14.3 Å². The Morgan fingerprint density at radius 2 is 1.76 bits per heavy atom. The Labute approximate surface area is 101 Å². The highest BCUT2D eigenvalue weighted by atomic mass is 19.4. The van der Waals surface area contributed by atoms with E-state index in [1.165, 1.54) is 0 Å². The van der Waals surface area contributed by atoms with Gasteiger partial charge in [-0.2, -0.15) is 13.2 Å². The van der Waals surface area contributed by atoms with Crippen LogP contribution in [0.3, 0.4) is 0 Å². The summed E-state index contributed by atoms with van der Waals surface area (Å²) in [6.45, 7) is 2.57. The maximum absolute atomic E-state index is 11.0. The molecule has 0 aromatic heterocycles. The van der Waals surface area contributed by atoms with Gasteiger partial charge in [-0.1, -0.05) is 0 Å². The number of carbonyl (C=O) groups excluding carboxylic acids is 1. The van der Waals surface area contributed by atoms with E-state index >= 15 is 0 Å². The average Bonchev–Trinajstić information content (AvgIpc) is 2.10. The zero-order chi connectivity index (χ0) is 16.8. The molecule has 0 aliphatic carbocycles. The van der Waals surface area contributed by atoms with Gasteiger partial charge < -0.3 is 15.2 Å². The molecular weight excluding hydrogens is 243 g/mol. The second kappa shape index (κ2) is 7.10. The lowest BCUT2D eigenvalue weighted by atomic mass is 10.2. The lowest BCUT2D eigenvalue weighted by molar-refractivity contribution is -0.192. The normalized spacial score (nSPS) is 14.6. The van der Waals surface area contributed by atoms with E-state index in [2.05, 4.69) is 5.32 Å². The smallest absolute Gasteiger partial charge is 0.475 e. The van der Waals surface area contributed by atoms with Gasteiger partial charge in [-0.3, -0.25) is 4.79 Å². The number of halogens is 3. The third-order valence-corrected chi connectivity index (χ3v) is 0.895. The number of alkyl halides is 3. The van der Waals surface area contributed by atoms with E-state index in [0.29, 0.717) is 0 Å². The lowest BCUT2D eigenvalue weighted by Crippen LogP contribution is -2.29. The Bertz CT molecular complexity index is 337. The first-order chi connectivity index (χ1) is 8.54. The largest absolute Gasteiger partial charge is 0.490 e. The van der Waals surface area contributed by atoms with Gasteiger partial charge in [0.2, 0.25) is 0 Å². The molecule has 0 aromatic rings. The number of likely N-dealkylation sites (N-methyl/N-ethyl adjacent to an activating group) is 1. The van der Waals surface area contributed by atoms with Gasteiger partial charge in [0.1, 0.15) is 5.60 Å². The number of hydrogen-bond donors (Lipinski definition) is 2. The van der Waals surface area contributed by atoms with E-state index in [0.717, 1.165) is 0 Å². The van der Waals surface area contributed by atoms with Gasteiger partial charge in [0, 0.05) is 4.11 Å². The topological polar surface area (TPSA) is 75.6 Å². The van der Waals surface area contributed by atoms with Gasteiger partial charge in [0.05, 0.1) is 6.54 Å². The minimum absolute atomic E-state index is 0.298. The Morgan fingerprint density at radius 3 is 2.00 bits per heavy atom. The fraction of sp³-hybridized carbons (Fsp3) is 0.778. The molecule has 0 aromatic carbocycles. The van der Waals surface area contributed by atoms with Gasteiger partial charge >= 0.3 is 18.1 Å². The van der Waals surface area contributed by atoms with Crippen molar-refractivity contribution in [1.82, 2.24) is 5.32 Å². The third-order valence-electron chi connectivity index (χ3n) is 0.895. The highest BCUT2D eigenvalue weighted by Crippen LogP contribution is 2.13. The maximum atomic E-state index is 11.0. The first-order valence-electron chi connectivity index (χ1n) is 5.81. The summed E-state index contributed by atoms with van der Waals surface area (Å²) in [5.74, 6) is -3.32. The van der Waals surface area contributed by atoms with Gasteiger partial charge in [0.15, 0.2) is 0 Å². The summed E-state index contributed by atoms with van der Waals surface area (Å²) in [6, 6.07) is 0. The fourth-order valence-electron chi connectivity index (χ4n) is 0.450. The Balaban J connectivity index is 0. The van der Waals surface area contributed by atoms with E-state index in [9.17, 15) is 18.0 Å². The van der Waals surface area contributed by atoms with Crippen LogP contribution in [0, 0.1) is 0 Å². The molecule has 0 amide bonds. The summed E-state index contributed by atoms with van der Waals surface area (Å²) in [6.07, 6.45) is -5.08. The highest BCUT2D eigenvalue weighted by molar-refractivity contribution is 5.73. The minimum Gasteiger partial charge on any atom is -0.475 e. The second-order valence-corrected chi connectivity index (χ2v) is 3.74. The molecule has 0 spiro atoms. The molecule has 5 nitrogen and oxygen atoms in total. The van der Waals surface area contributed by atoms with Crippen LogP contribution in [-0.4, -0.2) is 42.3 Å². The summed E-state index contributed by atoms with van der Waals surface area (Å²) in [5, 5.41) is 9.19. The average molecular weight is 262 g/mol. The Kier molecular flexibility index (Phi) is 5.08. The molecule has 0 radical (unpaired) electrons. The van der Waals surface area contributed by atoms with Crippen LogP contribution >= 0.6 is 0 Å². The Hall–Kier alpha value is -1.31. The molecule has 0 unspecified atom stereocenters. The van der Waals surface area contributed by atoms with Crippen molar-refractivity contribution in [3.8, 4) is 0 Å². The zero-order valence-electron chi connectivity index (χ0n) is 12.5. The van der Waals surface area contributed by atoms with Crippen molar-refractivity contribution >= 4 is 11.9 Å². The molecule has 0 aliphatic heterocycles. The van der Waals surface area contributed by atoms with Crippen LogP contribution in [0.15, 0.2) is 0 Å². The zero-order valence-corrected chi connectivity index (χ0v) is 9.51. The van der Waals surface area contributed by atoms with Crippen molar-refractivity contribution in [3.05, 3.63) is 0 Å². The van der Waals surface area contributed by atoms with Crippen LogP contribution in [0.25, 0.3) is 0 Å². The number of carboxylic acid groups (broad SMARTS) is 1. The van der Waals surface area contributed by atoms with Crippen molar-refractivity contribution in [2.24, 2.45) is 0 Å². The number of aliphatic carboxylic acids is 1. The molecule has 8 heteroatoms. The van der Waals surface area contributed by atoms with E-state index in [1.807, 2.05) is 0 Å². The van der Waals surface area contributed by atoms with Gasteiger partial charge in [-0.05, 0) is 27.7 Å². The maximum Gasteiger partial charge on any atom is 0.490 e. The molecule has 102 valence electrons. The summed E-state index contributed by atoms with van der Waals surface area (Å²) in [7, 11) is 0. The number of hydrogen-bond acceptors (Lipinski definition) is 4. The van der Waals surface area contributed by atoms with Crippen LogP contribution < -0.4 is 5.32 Å². The molecule has 0 bridgehead atoms. The molecule has 0 aliphatic rings. The third kappa shape index (κ3) is 14.7. The van der Waals surface area contributed by atoms with Crippen molar-refractivity contribution in [1.29, 1.82) is 0 Å². The first kappa shape index (κ1) is 12.2. The SMILES string of the molecule is O=C(O)C(F)(F)F.[2H]C([2H])([2H])NCC(=O)OC(C)(C)C. The summed E-state index contributed by atoms with van der Waals surface area (Å²) in [5.41, 5.74) is -0.576. The predicted octanol–water partition coefficient (Wildman–Crippen LogP) is 1.18. The Morgan fingerprint density at radius 1 is 1.35 bits per heavy atom. The van der Waals surface area contributed by atoms with Crippen molar-refractivity contribution in [2.45, 2.75) is 32.5 Å². The molecule has 0 atom stereocenters.